The zero-order valence-corrected chi connectivity index (χ0v) is 12.5. The Labute approximate surface area is 124 Å². The van der Waals surface area contributed by atoms with E-state index in [0.717, 1.165) is 36.9 Å². The second-order valence-electron chi connectivity index (χ2n) is 5.43. The lowest BCUT2D eigenvalue weighted by Gasteiger charge is -2.29. The highest BCUT2D eigenvalue weighted by molar-refractivity contribution is 5.75. The van der Waals surface area contributed by atoms with E-state index < -0.39 is 0 Å². The molecule has 114 valence electrons. The molecule has 0 spiro atoms. The van der Waals surface area contributed by atoms with Crippen LogP contribution in [-0.2, 0) is 25.5 Å². The summed E-state index contributed by atoms with van der Waals surface area (Å²) in [4.78, 5) is 27.9. The Morgan fingerprint density at radius 2 is 2.05 bits per heavy atom. The van der Waals surface area contributed by atoms with Crippen LogP contribution in [0.4, 0.5) is 0 Å². The minimum atomic E-state index is -0.364. The van der Waals surface area contributed by atoms with Gasteiger partial charge in [0.1, 0.15) is 6.10 Å². The van der Waals surface area contributed by atoms with E-state index in [-0.39, 0.29) is 30.4 Å². The quantitative estimate of drug-likeness (QED) is 0.796. The van der Waals surface area contributed by atoms with Crippen molar-refractivity contribution in [2.45, 2.75) is 45.1 Å². The molecule has 1 aliphatic rings. The van der Waals surface area contributed by atoms with Gasteiger partial charge in [-0.25, -0.2) is 0 Å². The molecule has 0 saturated heterocycles. The third-order valence-electron chi connectivity index (χ3n) is 3.81. The van der Waals surface area contributed by atoms with Crippen molar-refractivity contribution >= 4 is 11.9 Å². The fourth-order valence-electron chi connectivity index (χ4n) is 2.64. The number of hydrogen-bond acceptors (Lipinski definition) is 5. The minimum Gasteiger partial charge on any atom is -0.469 e. The monoisotopic (exact) mass is 291 g/mol. The SMILES string of the molecule is COC(=O)[C@H]1CCCC[C@@H]1OC(=O)Cc1ccc(C)nc1. The van der Waals surface area contributed by atoms with Crippen molar-refractivity contribution in [2.24, 2.45) is 5.92 Å². The van der Waals surface area contributed by atoms with E-state index in [9.17, 15) is 9.59 Å². The van der Waals surface area contributed by atoms with Crippen LogP contribution in [0, 0.1) is 12.8 Å². The lowest BCUT2D eigenvalue weighted by Crippen LogP contribution is -2.36. The van der Waals surface area contributed by atoms with Gasteiger partial charge >= 0.3 is 11.9 Å². The van der Waals surface area contributed by atoms with Crippen LogP contribution < -0.4 is 0 Å². The molecule has 1 aliphatic carbocycles. The Bertz CT molecular complexity index is 498. The van der Waals surface area contributed by atoms with Crippen LogP contribution in [0.1, 0.15) is 36.9 Å². The molecule has 0 aliphatic heterocycles. The first-order chi connectivity index (χ1) is 10.1. The molecule has 0 bridgehead atoms. The maximum absolute atomic E-state index is 12.0. The summed E-state index contributed by atoms with van der Waals surface area (Å²) < 4.78 is 10.3. The zero-order chi connectivity index (χ0) is 15.2. The largest absolute Gasteiger partial charge is 0.469 e. The summed E-state index contributed by atoms with van der Waals surface area (Å²) in [6, 6.07) is 3.72. The average Bonchev–Trinajstić information content (AvgIpc) is 2.49. The van der Waals surface area contributed by atoms with Gasteiger partial charge < -0.3 is 9.47 Å². The smallest absolute Gasteiger partial charge is 0.312 e. The van der Waals surface area contributed by atoms with Gasteiger partial charge in [0.25, 0.3) is 0 Å². The molecule has 1 aromatic heterocycles. The lowest BCUT2D eigenvalue weighted by molar-refractivity contribution is -0.162. The number of carbonyl (C=O) groups is 2. The first-order valence-electron chi connectivity index (χ1n) is 7.29. The normalized spacial score (nSPS) is 21.6. The summed E-state index contributed by atoms with van der Waals surface area (Å²) in [5.74, 6) is -0.935. The van der Waals surface area contributed by atoms with Crippen LogP contribution in [0.3, 0.4) is 0 Å². The highest BCUT2D eigenvalue weighted by Crippen LogP contribution is 2.28. The van der Waals surface area contributed by atoms with Gasteiger partial charge in [0.15, 0.2) is 0 Å². The van der Waals surface area contributed by atoms with Crippen molar-refractivity contribution in [3.05, 3.63) is 29.6 Å². The number of carbonyl (C=O) groups excluding carboxylic acids is 2. The number of methoxy groups -OCH3 is 1. The van der Waals surface area contributed by atoms with Crippen molar-refractivity contribution < 1.29 is 19.1 Å². The predicted octanol–water partition coefficient (Wildman–Crippen LogP) is 2.21. The maximum atomic E-state index is 12.0. The van der Waals surface area contributed by atoms with Crippen LogP contribution in [0.25, 0.3) is 0 Å². The van der Waals surface area contributed by atoms with Crippen LogP contribution >= 0.6 is 0 Å². The van der Waals surface area contributed by atoms with E-state index in [1.165, 1.54) is 7.11 Å². The van der Waals surface area contributed by atoms with Crippen molar-refractivity contribution in [2.75, 3.05) is 7.11 Å². The summed E-state index contributed by atoms with van der Waals surface area (Å²) in [7, 11) is 1.37. The molecule has 0 amide bonds. The highest BCUT2D eigenvalue weighted by Gasteiger charge is 2.34. The van der Waals surface area contributed by atoms with Gasteiger partial charge in [0, 0.05) is 11.9 Å². The Morgan fingerprint density at radius 1 is 1.29 bits per heavy atom. The number of hydrogen-bond donors (Lipinski definition) is 0. The minimum absolute atomic E-state index is 0.178. The van der Waals surface area contributed by atoms with Crippen molar-refractivity contribution in [1.82, 2.24) is 4.98 Å². The summed E-state index contributed by atoms with van der Waals surface area (Å²) in [6.45, 7) is 1.89. The van der Waals surface area contributed by atoms with Crippen molar-refractivity contribution in [1.29, 1.82) is 0 Å². The van der Waals surface area contributed by atoms with Crippen LogP contribution in [0.5, 0.6) is 0 Å². The Hall–Kier alpha value is -1.91. The van der Waals surface area contributed by atoms with Crippen LogP contribution in [0.2, 0.25) is 0 Å². The number of esters is 2. The Balaban J connectivity index is 1.93. The molecular weight excluding hydrogens is 270 g/mol. The van der Waals surface area contributed by atoms with Gasteiger partial charge in [-0.3, -0.25) is 14.6 Å². The maximum Gasteiger partial charge on any atom is 0.312 e. The summed E-state index contributed by atoms with van der Waals surface area (Å²) in [6.07, 6.45) is 4.87. The second kappa shape index (κ2) is 7.20. The fourth-order valence-corrected chi connectivity index (χ4v) is 2.64. The molecule has 2 atom stereocenters. The number of nitrogens with zero attached hydrogens (tertiary/aromatic N) is 1. The molecule has 2 rings (SSSR count). The average molecular weight is 291 g/mol. The fraction of sp³-hybridized carbons (Fsp3) is 0.562. The third-order valence-corrected chi connectivity index (χ3v) is 3.81. The molecule has 5 nitrogen and oxygen atoms in total. The van der Waals surface area contributed by atoms with Gasteiger partial charge in [-0.2, -0.15) is 0 Å². The van der Waals surface area contributed by atoms with E-state index in [4.69, 9.17) is 9.47 Å². The van der Waals surface area contributed by atoms with E-state index in [2.05, 4.69) is 4.98 Å². The summed E-state index contributed by atoms with van der Waals surface area (Å²) >= 11 is 0. The van der Waals surface area contributed by atoms with Gasteiger partial charge in [0.05, 0.1) is 19.4 Å². The molecular formula is C16H21NO4. The molecule has 5 heteroatoms. The predicted molar refractivity (Wildman–Crippen MR) is 76.5 cm³/mol. The topological polar surface area (TPSA) is 65.5 Å². The number of aromatic nitrogens is 1. The summed E-state index contributed by atoms with van der Waals surface area (Å²) in [5.41, 5.74) is 1.72. The van der Waals surface area contributed by atoms with E-state index in [1.807, 2.05) is 19.1 Å². The standard InChI is InChI=1S/C16H21NO4/c1-11-7-8-12(10-17-11)9-15(18)21-14-6-4-3-5-13(14)16(19)20-2/h7-8,10,13-14H,3-6,9H2,1-2H3/t13-,14-/m0/s1. The molecule has 21 heavy (non-hydrogen) atoms. The van der Waals surface area contributed by atoms with E-state index >= 15 is 0 Å². The molecule has 0 radical (unpaired) electrons. The molecule has 1 heterocycles. The summed E-state index contributed by atoms with van der Waals surface area (Å²) in [5, 5.41) is 0. The van der Waals surface area contributed by atoms with Crippen LogP contribution in [0.15, 0.2) is 18.3 Å². The molecule has 0 aromatic carbocycles. The first kappa shape index (κ1) is 15.5. The second-order valence-corrected chi connectivity index (χ2v) is 5.43. The lowest BCUT2D eigenvalue weighted by atomic mass is 9.86. The molecule has 1 saturated carbocycles. The van der Waals surface area contributed by atoms with Gasteiger partial charge in [-0.1, -0.05) is 12.5 Å². The van der Waals surface area contributed by atoms with Crippen LogP contribution in [-0.4, -0.2) is 30.1 Å². The highest BCUT2D eigenvalue weighted by atomic mass is 16.6. The van der Waals surface area contributed by atoms with Gasteiger partial charge in [-0.15, -0.1) is 0 Å². The number of aryl methyl sites for hydroxylation is 1. The molecule has 0 unspecified atom stereocenters. The van der Waals surface area contributed by atoms with E-state index in [0.29, 0.717) is 0 Å². The first-order valence-corrected chi connectivity index (χ1v) is 7.29. The van der Waals surface area contributed by atoms with E-state index in [1.54, 1.807) is 6.20 Å². The number of ether oxygens (including phenoxy) is 2. The number of rotatable bonds is 4. The molecule has 0 N–H and O–H groups in total. The van der Waals surface area contributed by atoms with Gasteiger partial charge in [-0.05, 0) is 37.8 Å². The van der Waals surface area contributed by atoms with Gasteiger partial charge in [0.2, 0.25) is 0 Å². The molecule has 1 fully saturated rings. The van der Waals surface area contributed by atoms with Crippen molar-refractivity contribution in [3.63, 3.8) is 0 Å². The molecule has 1 aromatic rings. The number of pyridine rings is 1. The van der Waals surface area contributed by atoms with Crippen molar-refractivity contribution in [3.8, 4) is 0 Å². The third kappa shape index (κ3) is 4.28. The Morgan fingerprint density at radius 3 is 2.71 bits per heavy atom. The zero-order valence-electron chi connectivity index (χ0n) is 12.5. The Kier molecular flexibility index (Phi) is 5.31.